The standard InChI is InChI=1S/C15H9NO4S/c17-14(18)10-7-12(15(19)20)16-11-4-3-8(6-9(10)11)13-2-1-5-21-13/h1-7H,(H,17,18)(H,19,20). The van der Waals surface area contributed by atoms with E-state index in [9.17, 15) is 14.7 Å². The van der Waals surface area contributed by atoms with E-state index in [0.29, 0.717) is 10.9 Å². The minimum Gasteiger partial charge on any atom is -0.478 e. The number of hydrogen-bond acceptors (Lipinski definition) is 4. The molecule has 0 aliphatic carbocycles. The van der Waals surface area contributed by atoms with Gasteiger partial charge in [-0.25, -0.2) is 14.6 Å². The topological polar surface area (TPSA) is 87.5 Å². The molecule has 0 saturated carbocycles. The zero-order chi connectivity index (χ0) is 15.0. The van der Waals surface area contributed by atoms with Crippen LogP contribution in [0.5, 0.6) is 0 Å². The average Bonchev–Trinajstić information content (AvgIpc) is 2.99. The maximum Gasteiger partial charge on any atom is 0.354 e. The SMILES string of the molecule is O=C(O)c1cc(C(=O)O)c2cc(-c3cccs3)ccc2n1. The van der Waals surface area contributed by atoms with Gasteiger partial charge in [-0.2, -0.15) is 0 Å². The molecule has 0 bridgehead atoms. The number of pyridine rings is 1. The molecule has 0 spiro atoms. The number of aromatic nitrogens is 1. The lowest BCUT2D eigenvalue weighted by Crippen LogP contribution is -2.06. The van der Waals surface area contributed by atoms with Crippen molar-refractivity contribution in [3.8, 4) is 10.4 Å². The van der Waals surface area contributed by atoms with Crippen LogP contribution < -0.4 is 0 Å². The van der Waals surface area contributed by atoms with E-state index in [-0.39, 0.29) is 11.3 Å². The zero-order valence-electron chi connectivity index (χ0n) is 10.6. The first kappa shape index (κ1) is 13.3. The van der Waals surface area contributed by atoms with Crippen LogP contribution in [-0.2, 0) is 0 Å². The van der Waals surface area contributed by atoms with E-state index in [1.807, 2.05) is 17.5 Å². The monoisotopic (exact) mass is 299 g/mol. The summed E-state index contributed by atoms with van der Waals surface area (Å²) in [6.45, 7) is 0. The van der Waals surface area contributed by atoms with Gasteiger partial charge in [-0.1, -0.05) is 12.1 Å². The summed E-state index contributed by atoms with van der Waals surface area (Å²) in [5.41, 5.74) is 0.900. The van der Waals surface area contributed by atoms with Gasteiger partial charge in [-0.05, 0) is 35.2 Å². The Hall–Kier alpha value is -2.73. The van der Waals surface area contributed by atoms with E-state index in [1.165, 1.54) is 0 Å². The highest BCUT2D eigenvalue weighted by molar-refractivity contribution is 7.13. The number of aromatic carboxylic acids is 2. The highest BCUT2D eigenvalue weighted by atomic mass is 32.1. The first-order valence-electron chi connectivity index (χ1n) is 6.01. The van der Waals surface area contributed by atoms with E-state index >= 15 is 0 Å². The van der Waals surface area contributed by atoms with Gasteiger partial charge < -0.3 is 10.2 Å². The van der Waals surface area contributed by atoms with Gasteiger partial charge in [0.05, 0.1) is 11.1 Å². The summed E-state index contributed by atoms with van der Waals surface area (Å²) in [5.74, 6) is -2.42. The highest BCUT2D eigenvalue weighted by Crippen LogP contribution is 2.29. The normalized spacial score (nSPS) is 10.7. The number of carbonyl (C=O) groups is 2. The fourth-order valence-electron chi connectivity index (χ4n) is 2.11. The highest BCUT2D eigenvalue weighted by Gasteiger charge is 2.16. The van der Waals surface area contributed by atoms with Gasteiger partial charge in [-0.15, -0.1) is 11.3 Å². The minimum absolute atomic E-state index is 0.0594. The summed E-state index contributed by atoms with van der Waals surface area (Å²) in [7, 11) is 0. The van der Waals surface area contributed by atoms with Gasteiger partial charge in [0.2, 0.25) is 0 Å². The molecule has 2 aromatic heterocycles. The van der Waals surface area contributed by atoms with Crippen LogP contribution in [0.2, 0.25) is 0 Å². The minimum atomic E-state index is -1.25. The van der Waals surface area contributed by atoms with Crippen molar-refractivity contribution in [1.29, 1.82) is 0 Å². The van der Waals surface area contributed by atoms with Crippen LogP contribution in [0.4, 0.5) is 0 Å². The first-order chi connectivity index (χ1) is 10.1. The van der Waals surface area contributed by atoms with Crippen molar-refractivity contribution in [2.75, 3.05) is 0 Å². The smallest absolute Gasteiger partial charge is 0.354 e. The molecule has 0 radical (unpaired) electrons. The lowest BCUT2D eigenvalue weighted by molar-refractivity contribution is 0.0691. The van der Waals surface area contributed by atoms with Gasteiger partial charge in [-0.3, -0.25) is 0 Å². The predicted molar refractivity (Wildman–Crippen MR) is 79.0 cm³/mol. The Morgan fingerprint density at radius 3 is 2.48 bits per heavy atom. The number of carboxylic acid groups (broad SMARTS) is 2. The Kier molecular flexibility index (Phi) is 3.15. The number of rotatable bonds is 3. The molecule has 0 aliphatic rings. The largest absolute Gasteiger partial charge is 0.478 e. The third-order valence-corrected chi connectivity index (χ3v) is 3.98. The van der Waals surface area contributed by atoms with Crippen molar-refractivity contribution in [3.63, 3.8) is 0 Å². The summed E-state index contributed by atoms with van der Waals surface area (Å²) in [5, 5.41) is 20.7. The summed E-state index contributed by atoms with van der Waals surface area (Å²) >= 11 is 1.54. The van der Waals surface area contributed by atoms with Crippen molar-refractivity contribution in [2.45, 2.75) is 0 Å². The number of nitrogens with zero attached hydrogens (tertiary/aromatic N) is 1. The average molecular weight is 299 g/mol. The van der Waals surface area contributed by atoms with E-state index in [4.69, 9.17) is 5.11 Å². The Morgan fingerprint density at radius 2 is 1.86 bits per heavy atom. The van der Waals surface area contributed by atoms with Crippen LogP contribution in [-0.4, -0.2) is 27.1 Å². The summed E-state index contributed by atoms with van der Waals surface area (Å²) in [4.78, 5) is 27.4. The van der Waals surface area contributed by atoms with Crippen molar-refractivity contribution in [3.05, 3.63) is 53.0 Å². The fourth-order valence-corrected chi connectivity index (χ4v) is 2.83. The first-order valence-corrected chi connectivity index (χ1v) is 6.89. The van der Waals surface area contributed by atoms with Crippen molar-refractivity contribution in [2.24, 2.45) is 0 Å². The molecule has 6 heteroatoms. The molecule has 0 amide bonds. The molecule has 3 aromatic rings. The lowest BCUT2D eigenvalue weighted by Gasteiger charge is -2.06. The summed E-state index contributed by atoms with van der Waals surface area (Å²) < 4.78 is 0. The van der Waals surface area contributed by atoms with E-state index in [1.54, 1.807) is 29.5 Å². The maximum absolute atomic E-state index is 11.4. The molecule has 21 heavy (non-hydrogen) atoms. The Balaban J connectivity index is 2.29. The second-order valence-corrected chi connectivity index (χ2v) is 5.32. The molecule has 0 atom stereocenters. The van der Waals surface area contributed by atoms with Gasteiger partial charge in [0.1, 0.15) is 5.69 Å². The molecule has 2 N–H and O–H groups in total. The molecule has 0 aliphatic heterocycles. The molecule has 3 rings (SSSR count). The summed E-state index contributed by atoms with van der Waals surface area (Å²) in [6.07, 6.45) is 0. The number of carboxylic acids is 2. The quantitative estimate of drug-likeness (QED) is 0.774. The van der Waals surface area contributed by atoms with Gasteiger partial charge in [0, 0.05) is 10.3 Å². The Morgan fingerprint density at radius 1 is 1.05 bits per heavy atom. The van der Waals surface area contributed by atoms with Crippen LogP contribution in [0.3, 0.4) is 0 Å². The molecular formula is C15H9NO4S. The Bertz CT molecular complexity index is 855. The third kappa shape index (κ3) is 2.36. The molecule has 0 unspecified atom stereocenters. The number of hydrogen-bond donors (Lipinski definition) is 2. The lowest BCUT2D eigenvalue weighted by atomic mass is 10.0. The van der Waals surface area contributed by atoms with Gasteiger partial charge in [0.25, 0.3) is 0 Å². The molecule has 104 valence electrons. The number of fused-ring (bicyclic) bond motifs is 1. The van der Waals surface area contributed by atoms with Crippen LogP contribution in [0, 0.1) is 0 Å². The molecule has 1 aromatic carbocycles. The van der Waals surface area contributed by atoms with Crippen molar-refractivity contribution >= 4 is 34.2 Å². The van der Waals surface area contributed by atoms with E-state index < -0.39 is 11.9 Å². The van der Waals surface area contributed by atoms with Crippen LogP contribution in [0.1, 0.15) is 20.8 Å². The number of benzene rings is 1. The molecule has 5 nitrogen and oxygen atoms in total. The van der Waals surface area contributed by atoms with Crippen molar-refractivity contribution < 1.29 is 19.8 Å². The van der Waals surface area contributed by atoms with Crippen LogP contribution in [0.25, 0.3) is 21.3 Å². The van der Waals surface area contributed by atoms with Gasteiger partial charge in [0.15, 0.2) is 0 Å². The van der Waals surface area contributed by atoms with Crippen molar-refractivity contribution in [1.82, 2.24) is 4.98 Å². The second kappa shape index (κ2) is 4.99. The number of thiophene rings is 1. The molecule has 0 fully saturated rings. The molecule has 0 saturated heterocycles. The van der Waals surface area contributed by atoms with E-state index in [2.05, 4.69) is 4.98 Å². The van der Waals surface area contributed by atoms with E-state index in [0.717, 1.165) is 16.5 Å². The van der Waals surface area contributed by atoms with Crippen LogP contribution in [0.15, 0.2) is 41.8 Å². The van der Waals surface area contributed by atoms with Crippen LogP contribution >= 0.6 is 11.3 Å². The fraction of sp³-hybridized carbons (Fsp3) is 0. The van der Waals surface area contributed by atoms with Gasteiger partial charge >= 0.3 is 11.9 Å². The molecule has 2 heterocycles. The Labute approximate surface area is 123 Å². The second-order valence-electron chi connectivity index (χ2n) is 4.37. The third-order valence-electron chi connectivity index (χ3n) is 3.06. The molecular weight excluding hydrogens is 290 g/mol. The zero-order valence-corrected chi connectivity index (χ0v) is 11.4. The summed E-state index contributed by atoms with van der Waals surface area (Å²) in [6, 6.07) is 10.1. The maximum atomic E-state index is 11.4. The predicted octanol–water partition coefficient (Wildman–Crippen LogP) is 3.36.